The summed E-state index contributed by atoms with van der Waals surface area (Å²) < 4.78 is 8.64. The Kier molecular flexibility index (Phi) is 2.44. The van der Waals surface area contributed by atoms with Gasteiger partial charge >= 0.3 is 0 Å². The molecule has 0 radical (unpaired) electrons. The van der Waals surface area contributed by atoms with Crippen LogP contribution in [0.25, 0.3) is 70.8 Å². The van der Waals surface area contributed by atoms with Gasteiger partial charge in [0.1, 0.15) is 11.2 Å². The van der Waals surface area contributed by atoms with Crippen molar-refractivity contribution >= 4 is 70.8 Å². The van der Waals surface area contributed by atoms with Crippen molar-refractivity contribution in [3.63, 3.8) is 0 Å². The van der Waals surface area contributed by atoms with E-state index in [1.807, 2.05) is 12.1 Å². The van der Waals surface area contributed by atoms with Gasteiger partial charge in [-0.1, -0.05) is 60.7 Å². The fraction of sp³-hybridized carbons (Fsp3) is 0. The fourth-order valence-corrected chi connectivity index (χ4v) is 5.38. The van der Waals surface area contributed by atoms with Crippen LogP contribution in [0.5, 0.6) is 0 Å². The number of aromatic nitrogens is 1. The maximum Gasteiger partial charge on any atom is 0.137 e. The lowest BCUT2D eigenvalue weighted by molar-refractivity contribution is 0.669. The summed E-state index contributed by atoms with van der Waals surface area (Å²) in [6.07, 6.45) is 0. The van der Waals surface area contributed by atoms with Crippen LogP contribution in [-0.4, -0.2) is 4.40 Å². The third-order valence-corrected chi connectivity index (χ3v) is 6.68. The molecule has 2 nitrogen and oxygen atoms in total. The Balaban J connectivity index is 1.67. The van der Waals surface area contributed by atoms with Crippen LogP contribution in [0.2, 0.25) is 0 Å². The molecule has 8 aromatic rings. The molecule has 2 heteroatoms. The van der Waals surface area contributed by atoms with Gasteiger partial charge in [-0.15, -0.1) is 0 Å². The summed E-state index contributed by atoms with van der Waals surface area (Å²) in [7, 11) is 0. The molecule has 0 bridgehead atoms. The van der Waals surface area contributed by atoms with Crippen LogP contribution < -0.4 is 0 Å². The van der Waals surface area contributed by atoms with E-state index in [4.69, 9.17) is 4.42 Å². The Morgan fingerprint density at radius 3 is 2.00 bits per heavy atom. The SMILES string of the molecule is c1ccc2cc3c(cc2c1)c1cccc2c4cc5c(cc4n3c12)oc1ccccc15. The van der Waals surface area contributed by atoms with Crippen LogP contribution in [0.4, 0.5) is 0 Å². The number of benzene rings is 5. The molecule has 0 spiro atoms. The fourth-order valence-electron chi connectivity index (χ4n) is 5.38. The molecule has 3 aromatic heterocycles. The summed E-state index contributed by atoms with van der Waals surface area (Å²) in [4.78, 5) is 0. The number of para-hydroxylation sites is 2. The van der Waals surface area contributed by atoms with E-state index in [0.29, 0.717) is 0 Å². The molecule has 5 aromatic carbocycles. The van der Waals surface area contributed by atoms with Gasteiger partial charge in [0, 0.05) is 38.4 Å². The van der Waals surface area contributed by atoms with Gasteiger partial charge in [0.2, 0.25) is 0 Å². The van der Waals surface area contributed by atoms with Crippen molar-refractivity contribution in [3.8, 4) is 0 Å². The first kappa shape index (κ1) is 14.9. The Morgan fingerprint density at radius 1 is 0.467 bits per heavy atom. The van der Waals surface area contributed by atoms with Crippen molar-refractivity contribution in [2.45, 2.75) is 0 Å². The molecule has 3 heterocycles. The molecule has 30 heavy (non-hydrogen) atoms. The van der Waals surface area contributed by atoms with Gasteiger partial charge in [-0.05, 0) is 35.0 Å². The van der Waals surface area contributed by atoms with Crippen molar-refractivity contribution < 1.29 is 4.42 Å². The van der Waals surface area contributed by atoms with E-state index >= 15 is 0 Å². The molecular formula is C28H15NO. The lowest BCUT2D eigenvalue weighted by Crippen LogP contribution is -1.81. The van der Waals surface area contributed by atoms with Crippen LogP contribution in [0.15, 0.2) is 95.4 Å². The lowest BCUT2D eigenvalue weighted by Gasteiger charge is -2.01. The number of nitrogens with zero attached hydrogens (tertiary/aromatic N) is 1. The van der Waals surface area contributed by atoms with Gasteiger partial charge < -0.3 is 8.82 Å². The smallest absolute Gasteiger partial charge is 0.137 e. The molecule has 0 saturated heterocycles. The van der Waals surface area contributed by atoms with E-state index in [2.05, 4.69) is 83.3 Å². The topological polar surface area (TPSA) is 17.6 Å². The molecule has 0 atom stereocenters. The molecule has 0 amide bonds. The summed E-state index contributed by atoms with van der Waals surface area (Å²) in [6, 6.07) is 32.8. The minimum Gasteiger partial charge on any atom is -0.456 e. The van der Waals surface area contributed by atoms with Gasteiger partial charge in [-0.25, -0.2) is 0 Å². The normalized spacial score (nSPS) is 12.7. The quantitative estimate of drug-likeness (QED) is 0.261. The van der Waals surface area contributed by atoms with Crippen LogP contribution in [0.3, 0.4) is 0 Å². The summed E-state index contributed by atoms with van der Waals surface area (Å²) in [6.45, 7) is 0. The van der Waals surface area contributed by atoms with E-state index in [0.717, 1.165) is 11.2 Å². The Labute approximate surface area is 170 Å². The summed E-state index contributed by atoms with van der Waals surface area (Å²) in [5, 5.41) is 10.1. The van der Waals surface area contributed by atoms with Crippen LogP contribution >= 0.6 is 0 Å². The average Bonchev–Trinajstić information content (AvgIpc) is 3.42. The first-order chi connectivity index (χ1) is 14.9. The summed E-state index contributed by atoms with van der Waals surface area (Å²) in [5.74, 6) is 0. The van der Waals surface area contributed by atoms with Crippen molar-refractivity contribution in [2.24, 2.45) is 0 Å². The third-order valence-electron chi connectivity index (χ3n) is 6.68. The Hall–Kier alpha value is -4.04. The number of hydrogen-bond donors (Lipinski definition) is 0. The van der Waals surface area contributed by atoms with Gasteiger partial charge in [-0.2, -0.15) is 0 Å². The molecule has 0 aliphatic heterocycles. The predicted octanol–water partition coefficient (Wildman–Crippen LogP) is 7.89. The molecule has 0 saturated carbocycles. The van der Waals surface area contributed by atoms with Crippen molar-refractivity contribution in [1.82, 2.24) is 4.40 Å². The van der Waals surface area contributed by atoms with E-state index in [1.165, 1.54) is 59.6 Å². The molecule has 0 aliphatic carbocycles. The second-order valence-corrected chi connectivity index (χ2v) is 8.22. The third kappa shape index (κ3) is 1.63. The molecular weight excluding hydrogens is 366 g/mol. The maximum absolute atomic E-state index is 6.22. The number of furan rings is 1. The standard InChI is InChI=1S/C28H15NO/c1-2-7-17-13-24-21(12-16(17)6-1)19-9-5-10-20-22-14-23-18-8-3-4-11-26(18)30-27(23)15-25(22)29(24)28(19)20/h1-15H. The number of rotatable bonds is 0. The predicted molar refractivity (Wildman–Crippen MR) is 126 cm³/mol. The van der Waals surface area contributed by atoms with E-state index in [-0.39, 0.29) is 0 Å². The molecule has 0 fully saturated rings. The zero-order valence-electron chi connectivity index (χ0n) is 16.0. The van der Waals surface area contributed by atoms with E-state index in [1.54, 1.807) is 0 Å². The van der Waals surface area contributed by atoms with Crippen molar-refractivity contribution in [3.05, 3.63) is 91.0 Å². The average molecular weight is 381 g/mol. The minimum absolute atomic E-state index is 0.943. The largest absolute Gasteiger partial charge is 0.456 e. The second kappa shape index (κ2) is 4.92. The van der Waals surface area contributed by atoms with Crippen molar-refractivity contribution in [1.29, 1.82) is 0 Å². The van der Waals surface area contributed by atoms with Crippen LogP contribution in [-0.2, 0) is 0 Å². The maximum atomic E-state index is 6.22. The van der Waals surface area contributed by atoms with E-state index < -0.39 is 0 Å². The summed E-state index contributed by atoms with van der Waals surface area (Å²) >= 11 is 0. The molecule has 138 valence electrons. The second-order valence-electron chi connectivity index (χ2n) is 8.22. The van der Waals surface area contributed by atoms with Gasteiger partial charge in [-0.3, -0.25) is 0 Å². The number of hydrogen-bond acceptors (Lipinski definition) is 1. The molecule has 0 N–H and O–H groups in total. The van der Waals surface area contributed by atoms with E-state index in [9.17, 15) is 0 Å². The zero-order valence-corrected chi connectivity index (χ0v) is 16.0. The monoisotopic (exact) mass is 381 g/mol. The first-order valence-corrected chi connectivity index (χ1v) is 10.3. The summed E-state index contributed by atoms with van der Waals surface area (Å²) in [5.41, 5.74) is 5.65. The molecule has 0 unspecified atom stereocenters. The molecule has 0 aliphatic rings. The van der Waals surface area contributed by atoms with Crippen LogP contribution in [0, 0.1) is 0 Å². The lowest BCUT2D eigenvalue weighted by atomic mass is 10.0. The number of fused-ring (bicyclic) bond motifs is 10. The van der Waals surface area contributed by atoms with Gasteiger partial charge in [0.25, 0.3) is 0 Å². The highest BCUT2D eigenvalue weighted by atomic mass is 16.3. The highest BCUT2D eigenvalue weighted by molar-refractivity contribution is 6.26. The Bertz CT molecular complexity index is 1950. The van der Waals surface area contributed by atoms with Gasteiger partial charge in [0.05, 0.1) is 16.6 Å². The molecule has 8 rings (SSSR count). The highest BCUT2D eigenvalue weighted by Crippen LogP contribution is 2.42. The van der Waals surface area contributed by atoms with Crippen LogP contribution in [0.1, 0.15) is 0 Å². The van der Waals surface area contributed by atoms with Crippen molar-refractivity contribution in [2.75, 3.05) is 0 Å². The zero-order chi connectivity index (χ0) is 19.4. The first-order valence-electron chi connectivity index (χ1n) is 10.3. The highest BCUT2D eigenvalue weighted by Gasteiger charge is 2.19. The Morgan fingerprint density at radius 2 is 1.13 bits per heavy atom. The van der Waals surface area contributed by atoms with Gasteiger partial charge in [0.15, 0.2) is 0 Å². The minimum atomic E-state index is 0.943.